The molecule has 0 fully saturated rings. The maximum Gasteiger partial charge on any atom is 0.173 e. The molecule has 0 bridgehead atoms. The quantitative estimate of drug-likeness (QED) is 0.844. The summed E-state index contributed by atoms with van der Waals surface area (Å²) in [7, 11) is 1.63. The van der Waals surface area contributed by atoms with Crippen LogP contribution in [0.1, 0.15) is 5.56 Å². The standard InChI is InChI=1S/C12H14N4O/c1-8-3-4-9(17-2)7-10(8)16-12-11(13)14-5-6-15-12/h3-7H,1-2H3,(H2,13,14)(H,15,16). The highest BCUT2D eigenvalue weighted by molar-refractivity contribution is 5.68. The molecule has 5 nitrogen and oxygen atoms in total. The summed E-state index contributed by atoms with van der Waals surface area (Å²) in [6, 6.07) is 5.76. The van der Waals surface area contributed by atoms with E-state index in [1.165, 1.54) is 0 Å². The summed E-state index contributed by atoms with van der Waals surface area (Å²) in [6.45, 7) is 1.99. The minimum Gasteiger partial charge on any atom is -0.497 e. The summed E-state index contributed by atoms with van der Waals surface area (Å²) in [5.41, 5.74) is 7.70. The van der Waals surface area contributed by atoms with Gasteiger partial charge in [0.05, 0.1) is 7.11 Å². The van der Waals surface area contributed by atoms with E-state index in [0.29, 0.717) is 11.6 Å². The lowest BCUT2D eigenvalue weighted by Gasteiger charge is -2.11. The Bertz CT molecular complexity index is 528. The van der Waals surface area contributed by atoms with Gasteiger partial charge in [-0.2, -0.15) is 0 Å². The van der Waals surface area contributed by atoms with Gasteiger partial charge >= 0.3 is 0 Å². The molecule has 0 amide bonds. The number of hydrogen-bond acceptors (Lipinski definition) is 5. The maximum absolute atomic E-state index is 5.72. The average molecular weight is 230 g/mol. The summed E-state index contributed by atoms with van der Waals surface area (Å²) < 4.78 is 5.17. The van der Waals surface area contributed by atoms with Crippen LogP contribution >= 0.6 is 0 Å². The summed E-state index contributed by atoms with van der Waals surface area (Å²) >= 11 is 0. The molecule has 2 rings (SSSR count). The van der Waals surface area contributed by atoms with Crippen LogP contribution in [0.25, 0.3) is 0 Å². The van der Waals surface area contributed by atoms with E-state index in [1.54, 1.807) is 19.5 Å². The number of nitrogens with zero attached hydrogens (tertiary/aromatic N) is 2. The van der Waals surface area contributed by atoms with Gasteiger partial charge in [-0.3, -0.25) is 0 Å². The van der Waals surface area contributed by atoms with Crippen molar-refractivity contribution in [1.82, 2.24) is 9.97 Å². The normalized spacial score (nSPS) is 10.0. The number of methoxy groups -OCH3 is 1. The van der Waals surface area contributed by atoms with Crippen LogP contribution in [0.2, 0.25) is 0 Å². The lowest BCUT2D eigenvalue weighted by Crippen LogP contribution is -2.02. The molecule has 2 aromatic rings. The van der Waals surface area contributed by atoms with Gasteiger partial charge < -0.3 is 15.8 Å². The van der Waals surface area contributed by atoms with E-state index in [9.17, 15) is 0 Å². The van der Waals surface area contributed by atoms with Crippen molar-refractivity contribution in [1.29, 1.82) is 0 Å². The zero-order valence-corrected chi connectivity index (χ0v) is 9.77. The molecule has 0 aliphatic heterocycles. The molecule has 88 valence electrons. The Morgan fingerprint density at radius 2 is 2.00 bits per heavy atom. The maximum atomic E-state index is 5.72. The third-order valence-corrected chi connectivity index (χ3v) is 2.42. The number of aryl methyl sites for hydroxylation is 1. The first-order valence-electron chi connectivity index (χ1n) is 5.19. The first-order chi connectivity index (χ1) is 8.20. The third-order valence-electron chi connectivity index (χ3n) is 2.42. The number of nitrogens with two attached hydrogens (primary N) is 1. The largest absolute Gasteiger partial charge is 0.497 e. The van der Waals surface area contributed by atoms with Crippen LogP contribution in [-0.4, -0.2) is 17.1 Å². The van der Waals surface area contributed by atoms with E-state index in [1.807, 2.05) is 25.1 Å². The minimum absolute atomic E-state index is 0.370. The van der Waals surface area contributed by atoms with Gasteiger partial charge in [0.1, 0.15) is 5.75 Å². The number of hydrogen-bond donors (Lipinski definition) is 2. The number of ether oxygens (including phenoxy) is 1. The molecular formula is C12H14N4O. The van der Waals surface area contributed by atoms with Crippen molar-refractivity contribution in [3.8, 4) is 5.75 Å². The second-order valence-electron chi connectivity index (χ2n) is 3.60. The predicted octanol–water partition coefficient (Wildman–Crippen LogP) is 2.12. The van der Waals surface area contributed by atoms with Crippen molar-refractivity contribution in [2.75, 3.05) is 18.2 Å². The molecule has 3 N–H and O–H groups in total. The van der Waals surface area contributed by atoms with Crippen molar-refractivity contribution in [3.63, 3.8) is 0 Å². The van der Waals surface area contributed by atoms with Crippen molar-refractivity contribution in [3.05, 3.63) is 36.2 Å². The van der Waals surface area contributed by atoms with E-state index >= 15 is 0 Å². The molecule has 0 atom stereocenters. The van der Waals surface area contributed by atoms with Crippen LogP contribution in [-0.2, 0) is 0 Å². The molecule has 17 heavy (non-hydrogen) atoms. The number of nitrogens with one attached hydrogen (secondary N) is 1. The van der Waals surface area contributed by atoms with Crippen LogP contribution in [0.4, 0.5) is 17.3 Å². The molecular weight excluding hydrogens is 216 g/mol. The molecule has 0 radical (unpaired) electrons. The number of nitrogen functional groups attached to an aromatic ring is 1. The summed E-state index contributed by atoms with van der Waals surface area (Å²) in [4.78, 5) is 8.10. The predicted molar refractivity (Wildman–Crippen MR) is 67.5 cm³/mol. The lowest BCUT2D eigenvalue weighted by atomic mass is 10.2. The zero-order valence-electron chi connectivity index (χ0n) is 9.77. The Hall–Kier alpha value is -2.30. The van der Waals surface area contributed by atoms with Gasteiger partial charge in [0.2, 0.25) is 0 Å². The Balaban J connectivity index is 2.32. The SMILES string of the molecule is COc1ccc(C)c(Nc2nccnc2N)c1. The molecule has 1 aromatic carbocycles. The van der Waals surface area contributed by atoms with Crippen LogP contribution in [0.5, 0.6) is 5.75 Å². The fraction of sp³-hybridized carbons (Fsp3) is 0.167. The highest BCUT2D eigenvalue weighted by atomic mass is 16.5. The number of rotatable bonds is 3. The molecule has 5 heteroatoms. The van der Waals surface area contributed by atoms with Crippen molar-refractivity contribution in [2.45, 2.75) is 6.92 Å². The van der Waals surface area contributed by atoms with Crippen molar-refractivity contribution >= 4 is 17.3 Å². The van der Waals surface area contributed by atoms with Gasteiger partial charge in [0.15, 0.2) is 11.6 Å². The molecule has 0 saturated carbocycles. The van der Waals surface area contributed by atoms with Crippen LogP contribution in [0.3, 0.4) is 0 Å². The molecule has 0 spiro atoms. The second kappa shape index (κ2) is 4.69. The lowest BCUT2D eigenvalue weighted by molar-refractivity contribution is 0.415. The number of benzene rings is 1. The van der Waals surface area contributed by atoms with Gasteiger partial charge in [-0.1, -0.05) is 6.07 Å². The highest BCUT2D eigenvalue weighted by Crippen LogP contribution is 2.25. The van der Waals surface area contributed by atoms with E-state index in [2.05, 4.69) is 15.3 Å². The summed E-state index contributed by atoms with van der Waals surface area (Å²) in [6.07, 6.45) is 3.15. The Morgan fingerprint density at radius 3 is 2.71 bits per heavy atom. The van der Waals surface area contributed by atoms with E-state index < -0.39 is 0 Å². The van der Waals surface area contributed by atoms with E-state index in [-0.39, 0.29) is 0 Å². The van der Waals surface area contributed by atoms with Gasteiger partial charge in [0, 0.05) is 24.1 Å². The van der Waals surface area contributed by atoms with E-state index in [4.69, 9.17) is 10.5 Å². The summed E-state index contributed by atoms with van der Waals surface area (Å²) in [5, 5.41) is 3.14. The van der Waals surface area contributed by atoms with Gasteiger partial charge in [-0.15, -0.1) is 0 Å². The van der Waals surface area contributed by atoms with Crippen LogP contribution < -0.4 is 15.8 Å². The first-order valence-corrected chi connectivity index (χ1v) is 5.19. The fourth-order valence-corrected chi connectivity index (χ4v) is 1.44. The number of aromatic nitrogens is 2. The van der Waals surface area contributed by atoms with Gasteiger partial charge in [-0.25, -0.2) is 9.97 Å². The second-order valence-corrected chi connectivity index (χ2v) is 3.60. The fourth-order valence-electron chi connectivity index (χ4n) is 1.44. The van der Waals surface area contributed by atoms with Crippen molar-refractivity contribution in [2.24, 2.45) is 0 Å². The minimum atomic E-state index is 0.370. The Kier molecular flexibility index (Phi) is 3.09. The highest BCUT2D eigenvalue weighted by Gasteiger charge is 2.05. The average Bonchev–Trinajstić information content (AvgIpc) is 2.35. The summed E-state index contributed by atoms with van der Waals surface area (Å²) in [5.74, 6) is 1.69. The molecule has 1 aromatic heterocycles. The van der Waals surface area contributed by atoms with Crippen LogP contribution in [0.15, 0.2) is 30.6 Å². The molecule has 0 aliphatic rings. The topological polar surface area (TPSA) is 73.1 Å². The van der Waals surface area contributed by atoms with Crippen molar-refractivity contribution < 1.29 is 4.74 Å². The Labute approximate surface area is 99.7 Å². The third kappa shape index (κ3) is 2.44. The smallest absolute Gasteiger partial charge is 0.173 e. The van der Waals surface area contributed by atoms with E-state index in [0.717, 1.165) is 17.0 Å². The first kappa shape index (κ1) is 11.2. The number of anilines is 3. The van der Waals surface area contributed by atoms with Crippen LogP contribution in [0, 0.1) is 6.92 Å². The molecule has 1 heterocycles. The molecule has 0 saturated heterocycles. The monoisotopic (exact) mass is 230 g/mol. The van der Waals surface area contributed by atoms with Gasteiger partial charge in [-0.05, 0) is 18.6 Å². The zero-order chi connectivity index (χ0) is 12.3. The molecule has 0 aliphatic carbocycles. The van der Waals surface area contributed by atoms with Gasteiger partial charge in [0.25, 0.3) is 0 Å². The Morgan fingerprint density at radius 1 is 1.24 bits per heavy atom. The molecule has 0 unspecified atom stereocenters.